The molecular formula is C31H37N3O. The van der Waals surface area contributed by atoms with Gasteiger partial charge < -0.3 is 15.5 Å². The van der Waals surface area contributed by atoms with Crippen LogP contribution in [0.2, 0.25) is 0 Å². The van der Waals surface area contributed by atoms with E-state index < -0.39 is 0 Å². The van der Waals surface area contributed by atoms with Gasteiger partial charge in [-0.25, -0.2) is 4.79 Å². The molecule has 2 N–H and O–H groups in total. The highest BCUT2D eigenvalue weighted by atomic mass is 16.2. The van der Waals surface area contributed by atoms with Crippen LogP contribution in [-0.2, 0) is 0 Å². The molecule has 4 nitrogen and oxygen atoms in total. The number of anilines is 2. The number of hydrogen-bond donors (Lipinski definition) is 2. The number of benzene rings is 3. The standard InChI is InChI=1S/C31H37N3O/c1-6-32-31(35)33-23-17-28-26(24-9-7-19(2)15-21(24)4)11-13-34-14-12-27(29(18-23)30(28)34)25-10-8-20(3)16-22(25)5/h7-10,15-18,26-27H,6,11-14H2,1-5H3,(H2,32,33,35). The van der Waals surface area contributed by atoms with Gasteiger partial charge in [-0.3, -0.25) is 0 Å². The van der Waals surface area contributed by atoms with Crippen LogP contribution in [0.25, 0.3) is 0 Å². The second-order valence-electron chi connectivity index (χ2n) is 10.4. The van der Waals surface area contributed by atoms with Gasteiger partial charge in [0.15, 0.2) is 0 Å². The van der Waals surface area contributed by atoms with Crippen LogP contribution in [0.1, 0.15) is 76.1 Å². The third-order valence-electron chi connectivity index (χ3n) is 7.81. The van der Waals surface area contributed by atoms with E-state index in [1.165, 1.54) is 50.2 Å². The first kappa shape index (κ1) is 23.5. The van der Waals surface area contributed by atoms with Crippen LogP contribution in [0, 0.1) is 27.7 Å². The van der Waals surface area contributed by atoms with Gasteiger partial charge in [-0.1, -0.05) is 47.5 Å². The number of urea groups is 1. The maximum atomic E-state index is 12.5. The second-order valence-corrected chi connectivity index (χ2v) is 10.4. The predicted octanol–water partition coefficient (Wildman–Crippen LogP) is 6.94. The van der Waals surface area contributed by atoms with Crippen LogP contribution in [0.4, 0.5) is 16.2 Å². The van der Waals surface area contributed by atoms with E-state index in [0.29, 0.717) is 18.4 Å². The molecule has 2 atom stereocenters. The summed E-state index contributed by atoms with van der Waals surface area (Å²) in [6.07, 6.45) is 2.18. The number of hydrogen-bond acceptors (Lipinski definition) is 2. The molecule has 5 rings (SSSR count). The summed E-state index contributed by atoms with van der Waals surface area (Å²) in [4.78, 5) is 15.1. The summed E-state index contributed by atoms with van der Waals surface area (Å²) >= 11 is 0. The maximum absolute atomic E-state index is 12.5. The Labute approximate surface area is 209 Å². The van der Waals surface area contributed by atoms with Crippen LogP contribution in [-0.4, -0.2) is 25.7 Å². The fourth-order valence-corrected chi connectivity index (χ4v) is 6.28. The van der Waals surface area contributed by atoms with Gasteiger partial charge in [0.1, 0.15) is 0 Å². The molecule has 2 aliphatic heterocycles. The quantitative estimate of drug-likeness (QED) is 0.436. The fraction of sp³-hybridized carbons (Fsp3) is 0.387. The Morgan fingerprint density at radius 3 is 1.77 bits per heavy atom. The lowest BCUT2D eigenvalue weighted by atomic mass is 9.75. The summed E-state index contributed by atoms with van der Waals surface area (Å²) < 4.78 is 0. The summed E-state index contributed by atoms with van der Waals surface area (Å²) in [7, 11) is 0. The Hall–Kier alpha value is -3.27. The van der Waals surface area contributed by atoms with Crippen molar-refractivity contribution in [1.29, 1.82) is 0 Å². The number of carbonyl (C=O) groups excluding carboxylic acids is 1. The molecule has 0 radical (unpaired) electrons. The zero-order valence-electron chi connectivity index (χ0n) is 21.7. The average molecular weight is 468 g/mol. The van der Waals surface area contributed by atoms with Gasteiger partial charge in [-0.05, 0) is 93.0 Å². The van der Waals surface area contributed by atoms with Crippen molar-refractivity contribution in [2.24, 2.45) is 0 Å². The van der Waals surface area contributed by atoms with Gasteiger partial charge in [0.25, 0.3) is 0 Å². The van der Waals surface area contributed by atoms with E-state index in [-0.39, 0.29) is 6.03 Å². The molecule has 0 bridgehead atoms. The predicted molar refractivity (Wildman–Crippen MR) is 146 cm³/mol. The largest absolute Gasteiger partial charge is 0.371 e. The second kappa shape index (κ2) is 9.41. The summed E-state index contributed by atoms with van der Waals surface area (Å²) in [6.45, 7) is 13.5. The monoisotopic (exact) mass is 467 g/mol. The SMILES string of the molecule is CCNC(=O)Nc1cc2c3c(c1)C(c1ccc(C)cc1C)CCN3CCC2c1ccc(C)cc1C. The van der Waals surface area contributed by atoms with Crippen molar-refractivity contribution in [3.8, 4) is 0 Å². The molecule has 0 aliphatic carbocycles. The molecule has 2 unspecified atom stereocenters. The molecule has 0 aromatic heterocycles. The first-order valence-corrected chi connectivity index (χ1v) is 13.0. The minimum absolute atomic E-state index is 0.144. The smallest absolute Gasteiger partial charge is 0.319 e. The van der Waals surface area contributed by atoms with Gasteiger partial charge in [0.05, 0.1) is 0 Å². The highest BCUT2D eigenvalue weighted by molar-refractivity contribution is 5.90. The molecule has 0 spiro atoms. The lowest BCUT2D eigenvalue weighted by molar-refractivity contribution is 0.252. The molecule has 182 valence electrons. The number of aryl methyl sites for hydroxylation is 4. The average Bonchev–Trinajstić information content (AvgIpc) is 2.80. The number of nitrogens with one attached hydrogen (secondary N) is 2. The molecule has 3 aromatic rings. The van der Waals surface area contributed by atoms with E-state index in [1.54, 1.807) is 0 Å². The summed E-state index contributed by atoms with van der Waals surface area (Å²) in [5.41, 5.74) is 13.1. The first-order valence-electron chi connectivity index (χ1n) is 13.0. The molecule has 2 amide bonds. The molecular weight excluding hydrogens is 430 g/mol. The Balaban J connectivity index is 1.68. The lowest BCUT2D eigenvalue weighted by Gasteiger charge is -2.44. The van der Waals surface area contributed by atoms with E-state index >= 15 is 0 Å². The van der Waals surface area contributed by atoms with Crippen LogP contribution in [0.3, 0.4) is 0 Å². The van der Waals surface area contributed by atoms with Crippen molar-refractivity contribution in [1.82, 2.24) is 5.32 Å². The third kappa shape index (κ3) is 4.42. The molecule has 2 aliphatic rings. The zero-order valence-corrected chi connectivity index (χ0v) is 21.7. The molecule has 0 saturated heterocycles. The van der Waals surface area contributed by atoms with Gasteiger partial charge >= 0.3 is 6.03 Å². The van der Waals surface area contributed by atoms with E-state index in [0.717, 1.165) is 31.6 Å². The third-order valence-corrected chi connectivity index (χ3v) is 7.81. The highest BCUT2D eigenvalue weighted by Crippen LogP contribution is 2.50. The normalized spacial score (nSPS) is 18.7. The zero-order chi connectivity index (χ0) is 24.7. The Morgan fingerprint density at radius 2 is 1.31 bits per heavy atom. The minimum Gasteiger partial charge on any atom is -0.371 e. The van der Waals surface area contributed by atoms with Crippen molar-refractivity contribution >= 4 is 17.4 Å². The first-order chi connectivity index (χ1) is 16.9. The van der Waals surface area contributed by atoms with Crippen molar-refractivity contribution in [3.63, 3.8) is 0 Å². The number of nitrogens with zero attached hydrogens (tertiary/aromatic N) is 1. The molecule has 0 saturated carbocycles. The van der Waals surface area contributed by atoms with Crippen LogP contribution < -0.4 is 15.5 Å². The molecule has 2 heterocycles. The molecule has 3 aromatic carbocycles. The minimum atomic E-state index is -0.144. The molecule has 35 heavy (non-hydrogen) atoms. The van der Waals surface area contributed by atoms with E-state index in [4.69, 9.17) is 0 Å². The van der Waals surface area contributed by atoms with Crippen molar-refractivity contribution < 1.29 is 4.79 Å². The number of amides is 2. The van der Waals surface area contributed by atoms with Gasteiger partial charge in [-0.15, -0.1) is 0 Å². The van der Waals surface area contributed by atoms with Gasteiger partial charge in [0, 0.05) is 42.8 Å². The van der Waals surface area contributed by atoms with Crippen molar-refractivity contribution in [2.75, 3.05) is 29.9 Å². The Bertz CT molecular complexity index is 1190. The Morgan fingerprint density at radius 1 is 0.800 bits per heavy atom. The summed E-state index contributed by atoms with van der Waals surface area (Å²) in [5, 5.41) is 6.02. The maximum Gasteiger partial charge on any atom is 0.319 e. The summed E-state index contributed by atoms with van der Waals surface area (Å²) in [6, 6.07) is 18.0. The summed E-state index contributed by atoms with van der Waals surface area (Å²) in [5.74, 6) is 0.656. The topological polar surface area (TPSA) is 44.4 Å². The molecule has 0 fully saturated rings. The van der Waals surface area contributed by atoms with Crippen LogP contribution >= 0.6 is 0 Å². The van der Waals surface area contributed by atoms with Crippen molar-refractivity contribution in [3.05, 3.63) is 93.0 Å². The van der Waals surface area contributed by atoms with E-state index in [9.17, 15) is 4.79 Å². The van der Waals surface area contributed by atoms with E-state index in [2.05, 4.69) is 91.8 Å². The van der Waals surface area contributed by atoms with Crippen LogP contribution in [0.15, 0.2) is 48.5 Å². The fourth-order valence-electron chi connectivity index (χ4n) is 6.28. The number of rotatable bonds is 4. The lowest BCUT2D eigenvalue weighted by Crippen LogP contribution is -2.38. The van der Waals surface area contributed by atoms with Gasteiger partial charge in [-0.2, -0.15) is 0 Å². The van der Waals surface area contributed by atoms with Crippen LogP contribution in [0.5, 0.6) is 0 Å². The van der Waals surface area contributed by atoms with Crippen molar-refractivity contribution in [2.45, 2.75) is 59.3 Å². The molecule has 4 heteroatoms. The van der Waals surface area contributed by atoms with E-state index in [1.807, 2.05) is 6.92 Å². The van der Waals surface area contributed by atoms with Gasteiger partial charge in [0.2, 0.25) is 0 Å². The highest BCUT2D eigenvalue weighted by Gasteiger charge is 2.36. The number of carbonyl (C=O) groups is 1. The Kier molecular flexibility index (Phi) is 6.31.